The number of hydrogen-bond acceptors (Lipinski definition) is 4. The maximum absolute atomic E-state index is 13.1. The van der Waals surface area contributed by atoms with E-state index in [2.05, 4.69) is 33.9 Å². The molecule has 0 bridgehead atoms. The molecule has 0 amide bonds. The summed E-state index contributed by atoms with van der Waals surface area (Å²) < 4.78 is 34.1. The summed E-state index contributed by atoms with van der Waals surface area (Å²) in [6.45, 7) is 12.3. The number of rotatable bonds is 6. The van der Waals surface area contributed by atoms with Crippen molar-refractivity contribution in [2.24, 2.45) is 0 Å². The Hall–Kier alpha value is -0.893. The molecule has 5 nitrogen and oxygen atoms in total. The topological polar surface area (TPSA) is 72.6 Å². The molecule has 0 spiro atoms. The van der Waals surface area contributed by atoms with Gasteiger partial charge in [-0.25, -0.2) is 8.42 Å². The third kappa shape index (κ3) is 4.88. The first-order chi connectivity index (χ1) is 11.9. The van der Waals surface area contributed by atoms with E-state index in [0.29, 0.717) is 23.7 Å². The molecule has 0 radical (unpaired) electrons. The Balaban J connectivity index is 2.09. The molecule has 148 valence electrons. The van der Waals surface area contributed by atoms with E-state index in [9.17, 15) is 8.42 Å². The molecular weight excluding hydrogens is 364 g/mol. The fourth-order valence-corrected chi connectivity index (χ4v) is 5.81. The Bertz CT molecular complexity index is 696. The molecule has 7 heteroatoms. The largest absolute Gasteiger partial charge is 0.417 e. The van der Waals surface area contributed by atoms with Crippen molar-refractivity contribution >= 4 is 24.0 Å². The van der Waals surface area contributed by atoms with Gasteiger partial charge in [-0.15, -0.1) is 0 Å². The maximum atomic E-state index is 13.1. The lowest BCUT2D eigenvalue weighted by Gasteiger charge is -2.38. The number of sulfonamides is 1. The smallest absolute Gasteiger partial charge is 0.243 e. The van der Waals surface area contributed by atoms with E-state index in [1.165, 1.54) is 0 Å². The third-order valence-electron chi connectivity index (χ3n) is 5.78. The van der Waals surface area contributed by atoms with Crippen LogP contribution >= 0.6 is 0 Å². The van der Waals surface area contributed by atoms with Gasteiger partial charge in [-0.3, -0.25) is 0 Å². The lowest BCUT2D eigenvalue weighted by Crippen LogP contribution is -2.46. The second kappa shape index (κ2) is 8.00. The van der Waals surface area contributed by atoms with Crippen LogP contribution in [0.4, 0.5) is 5.69 Å². The highest BCUT2D eigenvalue weighted by atomic mass is 32.2. The minimum Gasteiger partial charge on any atom is -0.417 e. The van der Waals surface area contributed by atoms with Gasteiger partial charge in [0, 0.05) is 24.9 Å². The maximum Gasteiger partial charge on any atom is 0.243 e. The number of nitrogens with zero attached hydrogens (tertiary/aromatic N) is 1. The van der Waals surface area contributed by atoms with Crippen molar-refractivity contribution in [2.45, 2.75) is 75.5 Å². The predicted octanol–water partition coefficient (Wildman–Crippen LogP) is 4.22. The van der Waals surface area contributed by atoms with Gasteiger partial charge in [-0.05, 0) is 61.7 Å². The quantitative estimate of drug-likeness (QED) is 0.575. The first kappa shape index (κ1) is 21.4. The number of anilines is 1. The van der Waals surface area contributed by atoms with Crippen LogP contribution in [0.25, 0.3) is 0 Å². The molecule has 1 saturated heterocycles. The Morgan fingerprint density at radius 2 is 1.81 bits per heavy atom. The normalized spacial score (nSPS) is 20.3. The van der Waals surface area contributed by atoms with E-state index >= 15 is 0 Å². The molecule has 1 unspecified atom stereocenters. The summed E-state index contributed by atoms with van der Waals surface area (Å²) >= 11 is 0. The number of nitrogens with two attached hydrogens (primary N) is 1. The summed E-state index contributed by atoms with van der Waals surface area (Å²) in [5.74, 6) is 0. The summed E-state index contributed by atoms with van der Waals surface area (Å²) in [5.41, 5.74) is 6.27. The van der Waals surface area contributed by atoms with Crippen LogP contribution in [-0.2, 0) is 14.4 Å². The number of hydrogen-bond donors (Lipinski definition) is 1. The van der Waals surface area contributed by atoms with Gasteiger partial charge in [0.25, 0.3) is 0 Å². The second-order valence-electron chi connectivity index (χ2n) is 8.73. The number of benzene rings is 1. The van der Waals surface area contributed by atoms with E-state index in [-0.39, 0.29) is 11.1 Å². The molecule has 0 aromatic heterocycles. The summed E-state index contributed by atoms with van der Waals surface area (Å²) in [6.07, 6.45) is 3.63. The molecule has 0 aliphatic carbocycles. The van der Waals surface area contributed by atoms with Gasteiger partial charge in [0.15, 0.2) is 8.32 Å². The lowest BCUT2D eigenvalue weighted by atomic mass is 10.0. The van der Waals surface area contributed by atoms with Crippen LogP contribution in [0, 0.1) is 0 Å². The summed E-state index contributed by atoms with van der Waals surface area (Å²) in [7, 11) is -5.30. The standard InChI is InChI=1S/C19H34N2O3SSi/c1-19(2,3)26(4,5)24-15-13-17-8-6-7-14-21(17)25(22,23)18-11-9-16(20)10-12-18/h9-12,17H,6-8,13-15,20H2,1-5H3. The van der Waals surface area contributed by atoms with Crippen molar-refractivity contribution in [3.8, 4) is 0 Å². The van der Waals surface area contributed by atoms with Gasteiger partial charge in [-0.2, -0.15) is 4.31 Å². The van der Waals surface area contributed by atoms with E-state index in [1.807, 2.05) is 0 Å². The molecule has 26 heavy (non-hydrogen) atoms. The lowest BCUT2D eigenvalue weighted by molar-refractivity contribution is 0.194. The Kier molecular flexibility index (Phi) is 6.59. The van der Waals surface area contributed by atoms with Crippen molar-refractivity contribution in [1.82, 2.24) is 4.31 Å². The van der Waals surface area contributed by atoms with E-state index in [4.69, 9.17) is 10.2 Å². The average Bonchev–Trinajstić information content (AvgIpc) is 2.54. The van der Waals surface area contributed by atoms with Crippen LogP contribution in [0.15, 0.2) is 29.2 Å². The van der Waals surface area contributed by atoms with Gasteiger partial charge in [0.05, 0.1) is 4.90 Å². The van der Waals surface area contributed by atoms with E-state index in [1.54, 1.807) is 28.6 Å². The third-order valence-corrected chi connectivity index (χ3v) is 12.3. The Morgan fingerprint density at radius 1 is 1.19 bits per heavy atom. The first-order valence-electron chi connectivity index (χ1n) is 9.46. The van der Waals surface area contributed by atoms with Crippen LogP contribution in [0.5, 0.6) is 0 Å². The molecule has 2 N–H and O–H groups in total. The van der Waals surface area contributed by atoms with E-state index in [0.717, 1.165) is 25.7 Å². The van der Waals surface area contributed by atoms with E-state index < -0.39 is 18.3 Å². The van der Waals surface area contributed by atoms with Gasteiger partial charge in [0.1, 0.15) is 0 Å². The Labute approximate surface area is 160 Å². The molecule has 2 rings (SSSR count). The highest BCUT2D eigenvalue weighted by Crippen LogP contribution is 2.37. The summed E-state index contributed by atoms with van der Waals surface area (Å²) in [4.78, 5) is 0.323. The minimum atomic E-state index is -3.49. The van der Waals surface area contributed by atoms with Gasteiger partial charge in [-0.1, -0.05) is 27.2 Å². The van der Waals surface area contributed by atoms with Crippen molar-refractivity contribution in [1.29, 1.82) is 0 Å². The highest BCUT2D eigenvalue weighted by molar-refractivity contribution is 7.89. The van der Waals surface area contributed by atoms with Crippen LogP contribution < -0.4 is 5.73 Å². The fraction of sp³-hybridized carbons (Fsp3) is 0.684. The fourth-order valence-electron chi connectivity index (χ4n) is 3.02. The molecule has 1 aliphatic heterocycles. The zero-order valence-electron chi connectivity index (χ0n) is 16.8. The number of piperidine rings is 1. The first-order valence-corrected chi connectivity index (χ1v) is 13.8. The van der Waals surface area contributed by atoms with Crippen molar-refractivity contribution < 1.29 is 12.8 Å². The second-order valence-corrected chi connectivity index (χ2v) is 15.4. The molecule has 1 aliphatic rings. The minimum absolute atomic E-state index is 0.0103. The van der Waals surface area contributed by atoms with Crippen molar-refractivity contribution in [3.63, 3.8) is 0 Å². The van der Waals surface area contributed by atoms with Crippen LogP contribution in [-0.4, -0.2) is 40.2 Å². The predicted molar refractivity (Wildman–Crippen MR) is 110 cm³/mol. The van der Waals surface area contributed by atoms with Gasteiger partial charge >= 0.3 is 0 Å². The monoisotopic (exact) mass is 398 g/mol. The molecule has 1 aromatic carbocycles. The highest BCUT2D eigenvalue weighted by Gasteiger charge is 2.38. The van der Waals surface area contributed by atoms with Crippen LogP contribution in [0.3, 0.4) is 0 Å². The number of nitrogen functional groups attached to an aromatic ring is 1. The zero-order chi connectivity index (χ0) is 19.6. The molecular formula is C19H34N2O3SSi. The Morgan fingerprint density at radius 3 is 2.38 bits per heavy atom. The molecule has 0 saturated carbocycles. The average molecular weight is 399 g/mol. The molecule has 1 fully saturated rings. The summed E-state index contributed by atoms with van der Waals surface area (Å²) in [5, 5.41) is 0.162. The molecule has 1 atom stereocenters. The molecule has 1 aromatic rings. The summed E-state index contributed by atoms with van der Waals surface area (Å²) in [6, 6.07) is 6.50. The van der Waals surface area contributed by atoms with Crippen molar-refractivity contribution in [2.75, 3.05) is 18.9 Å². The molecule has 1 heterocycles. The van der Waals surface area contributed by atoms with Crippen molar-refractivity contribution in [3.05, 3.63) is 24.3 Å². The van der Waals surface area contributed by atoms with Gasteiger partial charge in [0.2, 0.25) is 10.0 Å². The zero-order valence-corrected chi connectivity index (χ0v) is 18.6. The van der Waals surface area contributed by atoms with Crippen LogP contribution in [0.1, 0.15) is 46.5 Å². The SMILES string of the molecule is CC(C)(C)[Si](C)(C)OCCC1CCCCN1S(=O)(=O)c1ccc(N)cc1. The van der Waals surface area contributed by atoms with Gasteiger partial charge < -0.3 is 10.2 Å². The van der Waals surface area contributed by atoms with Crippen LogP contribution in [0.2, 0.25) is 18.1 Å².